The van der Waals surface area contributed by atoms with Crippen LogP contribution in [0.2, 0.25) is 0 Å². The van der Waals surface area contributed by atoms with Crippen molar-refractivity contribution in [2.45, 2.75) is 77.7 Å². The van der Waals surface area contributed by atoms with Crippen LogP contribution in [0.25, 0.3) is 0 Å². The predicted octanol–water partition coefficient (Wildman–Crippen LogP) is 4.40. The highest BCUT2D eigenvalue weighted by molar-refractivity contribution is 4.57. The smallest absolute Gasteiger partial charge is 0.0927 e. The Bertz CT molecular complexity index is 104. The standard InChI is InChI=1S/C12H26O2/c1-3-5-7-8-9-11-12(14-13)10-6-4-2/h12-13H,3-11H2,1-2H3. The minimum atomic E-state index is 0.0802. The van der Waals surface area contributed by atoms with E-state index in [9.17, 15) is 0 Å². The normalized spacial score (nSPS) is 13.1. The van der Waals surface area contributed by atoms with Crippen LogP contribution in [0.1, 0.15) is 71.6 Å². The first-order valence-electron chi connectivity index (χ1n) is 6.15. The van der Waals surface area contributed by atoms with Crippen LogP contribution in [0, 0.1) is 0 Å². The maximum absolute atomic E-state index is 8.66. The first-order chi connectivity index (χ1) is 6.85. The summed E-state index contributed by atoms with van der Waals surface area (Å²) < 4.78 is 0. The fourth-order valence-electron chi connectivity index (χ4n) is 1.66. The molecular formula is C12H26O2. The Kier molecular flexibility index (Phi) is 10.9. The molecule has 0 bridgehead atoms. The molecule has 2 nitrogen and oxygen atoms in total. The van der Waals surface area contributed by atoms with Crippen molar-refractivity contribution in [3.8, 4) is 0 Å². The second kappa shape index (κ2) is 11.0. The fraction of sp³-hybridized carbons (Fsp3) is 1.00. The molecule has 0 aromatic heterocycles. The van der Waals surface area contributed by atoms with Gasteiger partial charge in [0, 0.05) is 0 Å². The average Bonchev–Trinajstić information content (AvgIpc) is 2.22. The van der Waals surface area contributed by atoms with Gasteiger partial charge in [-0.15, -0.1) is 0 Å². The SMILES string of the molecule is CCCCCCCC(CCCC)OO. The molecule has 0 aliphatic rings. The summed E-state index contributed by atoms with van der Waals surface area (Å²) in [6, 6.07) is 0. The molecule has 1 unspecified atom stereocenters. The zero-order chi connectivity index (χ0) is 10.6. The van der Waals surface area contributed by atoms with E-state index in [0.717, 1.165) is 19.3 Å². The Morgan fingerprint density at radius 1 is 0.857 bits per heavy atom. The largest absolute Gasteiger partial charge is 0.252 e. The van der Waals surface area contributed by atoms with E-state index < -0.39 is 0 Å². The van der Waals surface area contributed by atoms with Crippen molar-refractivity contribution in [1.29, 1.82) is 0 Å². The third-order valence-corrected chi connectivity index (χ3v) is 2.66. The Hall–Kier alpha value is -0.0800. The maximum Gasteiger partial charge on any atom is 0.0927 e. The molecule has 1 N–H and O–H groups in total. The van der Waals surface area contributed by atoms with Gasteiger partial charge in [-0.1, -0.05) is 58.8 Å². The average molecular weight is 202 g/mol. The number of hydrogen-bond acceptors (Lipinski definition) is 2. The van der Waals surface area contributed by atoms with E-state index in [4.69, 9.17) is 5.26 Å². The number of hydrogen-bond donors (Lipinski definition) is 1. The van der Waals surface area contributed by atoms with Crippen LogP contribution in [0.5, 0.6) is 0 Å². The lowest BCUT2D eigenvalue weighted by Gasteiger charge is -2.12. The lowest BCUT2D eigenvalue weighted by atomic mass is 10.0. The third kappa shape index (κ3) is 8.52. The van der Waals surface area contributed by atoms with Crippen LogP contribution in [-0.2, 0) is 4.89 Å². The van der Waals surface area contributed by atoms with E-state index in [1.807, 2.05) is 0 Å². The molecule has 0 aliphatic carbocycles. The summed E-state index contributed by atoms with van der Waals surface area (Å²) in [5, 5.41) is 8.66. The van der Waals surface area contributed by atoms with Gasteiger partial charge < -0.3 is 0 Å². The summed E-state index contributed by atoms with van der Waals surface area (Å²) in [7, 11) is 0. The van der Waals surface area contributed by atoms with E-state index in [1.54, 1.807) is 0 Å². The molecular weight excluding hydrogens is 176 g/mol. The first kappa shape index (κ1) is 13.9. The van der Waals surface area contributed by atoms with Crippen LogP contribution < -0.4 is 0 Å². The molecule has 0 aliphatic heterocycles. The van der Waals surface area contributed by atoms with Crippen LogP contribution in [0.15, 0.2) is 0 Å². The molecule has 86 valence electrons. The molecule has 0 heterocycles. The lowest BCUT2D eigenvalue weighted by molar-refractivity contribution is -0.281. The maximum atomic E-state index is 8.66. The first-order valence-corrected chi connectivity index (χ1v) is 6.15. The summed E-state index contributed by atoms with van der Waals surface area (Å²) in [5.41, 5.74) is 0. The van der Waals surface area contributed by atoms with Gasteiger partial charge >= 0.3 is 0 Å². The van der Waals surface area contributed by atoms with Crippen molar-refractivity contribution in [2.24, 2.45) is 0 Å². The lowest BCUT2D eigenvalue weighted by Crippen LogP contribution is -2.10. The molecule has 0 radical (unpaired) electrons. The van der Waals surface area contributed by atoms with Crippen LogP contribution in [-0.4, -0.2) is 11.4 Å². The van der Waals surface area contributed by atoms with Gasteiger partial charge in [0.25, 0.3) is 0 Å². The van der Waals surface area contributed by atoms with Crippen LogP contribution in [0.4, 0.5) is 0 Å². The predicted molar refractivity (Wildman–Crippen MR) is 60.4 cm³/mol. The molecule has 14 heavy (non-hydrogen) atoms. The molecule has 0 saturated heterocycles. The number of rotatable bonds is 10. The van der Waals surface area contributed by atoms with Crippen molar-refractivity contribution in [1.82, 2.24) is 0 Å². The molecule has 0 aromatic carbocycles. The molecule has 0 fully saturated rings. The van der Waals surface area contributed by atoms with Crippen molar-refractivity contribution < 1.29 is 10.1 Å². The minimum Gasteiger partial charge on any atom is -0.252 e. The highest BCUT2D eigenvalue weighted by atomic mass is 17.1. The van der Waals surface area contributed by atoms with Gasteiger partial charge in [0.05, 0.1) is 6.10 Å². The van der Waals surface area contributed by atoms with Crippen molar-refractivity contribution in [3.05, 3.63) is 0 Å². The Labute approximate surface area is 88.6 Å². The van der Waals surface area contributed by atoms with Gasteiger partial charge in [0.15, 0.2) is 0 Å². The second-order valence-corrected chi connectivity index (χ2v) is 4.07. The Balaban J connectivity index is 3.24. The topological polar surface area (TPSA) is 29.5 Å². The van der Waals surface area contributed by atoms with Crippen molar-refractivity contribution >= 4 is 0 Å². The summed E-state index contributed by atoms with van der Waals surface area (Å²) in [5.74, 6) is 0. The molecule has 0 aromatic rings. The third-order valence-electron chi connectivity index (χ3n) is 2.66. The van der Waals surface area contributed by atoms with Gasteiger partial charge in [0.2, 0.25) is 0 Å². The zero-order valence-corrected chi connectivity index (χ0v) is 9.80. The fourth-order valence-corrected chi connectivity index (χ4v) is 1.66. The monoisotopic (exact) mass is 202 g/mol. The summed E-state index contributed by atoms with van der Waals surface area (Å²) in [6.07, 6.45) is 10.8. The molecule has 0 spiro atoms. The van der Waals surface area contributed by atoms with E-state index >= 15 is 0 Å². The van der Waals surface area contributed by atoms with Gasteiger partial charge in [-0.3, -0.25) is 5.26 Å². The second-order valence-electron chi connectivity index (χ2n) is 4.07. The minimum absolute atomic E-state index is 0.0802. The quantitative estimate of drug-likeness (QED) is 0.323. The van der Waals surface area contributed by atoms with E-state index in [2.05, 4.69) is 18.7 Å². The summed E-state index contributed by atoms with van der Waals surface area (Å²) in [6.45, 7) is 4.39. The highest BCUT2D eigenvalue weighted by Crippen LogP contribution is 2.13. The molecule has 0 amide bonds. The molecule has 0 rings (SSSR count). The summed E-state index contributed by atoms with van der Waals surface area (Å²) in [4.78, 5) is 4.46. The molecule has 0 saturated carbocycles. The van der Waals surface area contributed by atoms with E-state index in [-0.39, 0.29) is 6.10 Å². The zero-order valence-electron chi connectivity index (χ0n) is 9.80. The Morgan fingerprint density at radius 3 is 2.00 bits per heavy atom. The van der Waals surface area contributed by atoms with Gasteiger partial charge in [-0.25, -0.2) is 4.89 Å². The number of unbranched alkanes of at least 4 members (excludes halogenated alkanes) is 5. The Morgan fingerprint density at radius 2 is 1.43 bits per heavy atom. The van der Waals surface area contributed by atoms with E-state index in [1.165, 1.54) is 38.5 Å². The van der Waals surface area contributed by atoms with Gasteiger partial charge in [0.1, 0.15) is 0 Å². The summed E-state index contributed by atoms with van der Waals surface area (Å²) >= 11 is 0. The van der Waals surface area contributed by atoms with Crippen LogP contribution in [0.3, 0.4) is 0 Å². The van der Waals surface area contributed by atoms with Crippen molar-refractivity contribution in [3.63, 3.8) is 0 Å². The molecule has 2 heteroatoms. The highest BCUT2D eigenvalue weighted by Gasteiger charge is 2.07. The van der Waals surface area contributed by atoms with E-state index in [0.29, 0.717) is 0 Å². The van der Waals surface area contributed by atoms with Gasteiger partial charge in [-0.2, -0.15) is 0 Å². The van der Waals surface area contributed by atoms with Crippen LogP contribution >= 0.6 is 0 Å². The van der Waals surface area contributed by atoms with Gasteiger partial charge in [-0.05, 0) is 12.8 Å². The molecule has 1 atom stereocenters. The van der Waals surface area contributed by atoms with Crippen molar-refractivity contribution in [2.75, 3.05) is 0 Å².